The van der Waals surface area contributed by atoms with Crippen molar-refractivity contribution in [1.29, 1.82) is 0 Å². The molecule has 1 saturated heterocycles. The summed E-state index contributed by atoms with van der Waals surface area (Å²) in [4.78, 5) is 23.0. The van der Waals surface area contributed by atoms with E-state index < -0.39 is 23.2 Å². The van der Waals surface area contributed by atoms with Crippen molar-refractivity contribution in [1.82, 2.24) is 5.32 Å². The summed E-state index contributed by atoms with van der Waals surface area (Å²) in [6.45, 7) is 4.94. The molecule has 1 aliphatic heterocycles. The number of ether oxygens (including phenoxy) is 1. The van der Waals surface area contributed by atoms with Crippen LogP contribution >= 0.6 is 0 Å². The van der Waals surface area contributed by atoms with Gasteiger partial charge in [-0.3, -0.25) is 9.59 Å². The van der Waals surface area contributed by atoms with Crippen LogP contribution in [0.4, 0.5) is 0 Å². The van der Waals surface area contributed by atoms with Crippen LogP contribution < -0.4 is 5.32 Å². The van der Waals surface area contributed by atoms with Gasteiger partial charge in [0, 0.05) is 6.61 Å². The molecule has 17 heavy (non-hydrogen) atoms. The molecule has 96 valence electrons. The Morgan fingerprint density at radius 2 is 2.06 bits per heavy atom. The van der Waals surface area contributed by atoms with Crippen molar-refractivity contribution in [2.45, 2.75) is 32.7 Å². The molecule has 2 aliphatic rings. The van der Waals surface area contributed by atoms with Crippen molar-refractivity contribution in [2.24, 2.45) is 17.3 Å². The minimum atomic E-state index is -0.880. The normalized spacial score (nSPS) is 35.1. The van der Waals surface area contributed by atoms with Gasteiger partial charge in [0.05, 0.1) is 24.5 Å². The average Bonchev–Trinajstić information content (AvgIpc) is 2.83. The molecule has 0 aromatic heterocycles. The maximum absolute atomic E-state index is 12.0. The van der Waals surface area contributed by atoms with Crippen molar-refractivity contribution >= 4 is 11.9 Å². The number of aliphatic carboxylic acids is 1. The first-order chi connectivity index (χ1) is 7.94. The van der Waals surface area contributed by atoms with Gasteiger partial charge in [0.1, 0.15) is 0 Å². The van der Waals surface area contributed by atoms with Gasteiger partial charge in [0.25, 0.3) is 0 Å². The van der Waals surface area contributed by atoms with Gasteiger partial charge in [-0.05, 0) is 18.3 Å². The molecule has 0 aromatic carbocycles. The Kier molecular flexibility index (Phi) is 3.12. The Morgan fingerprint density at radius 1 is 1.35 bits per heavy atom. The number of rotatable bonds is 3. The highest BCUT2D eigenvalue weighted by Gasteiger charge is 2.65. The molecule has 2 N–H and O–H groups in total. The zero-order valence-electron chi connectivity index (χ0n) is 10.2. The third-order valence-corrected chi connectivity index (χ3v) is 3.88. The topological polar surface area (TPSA) is 75.6 Å². The summed E-state index contributed by atoms with van der Waals surface area (Å²) in [5.74, 6) is -1.97. The van der Waals surface area contributed by atoms with Crippen LogP contribution in [0.2, 0.25) is 0 Å². The second kappa shape index (κ2) is 4.29. The smallest absolute Gasteiger partial charge is 0.307 e. The molecular formula is C12H19NO4. The molecule has 2 fully saturated rings. The molecule has 5 heteroatoms. The number of carboxylic acid groups (broad SMARTS) is 1. The molecule has 1 amide bonds. The number of amides is 1. The van der Waals surface area contributed by atoms with Gasteiger partial charge < -0.3 is 15.2 Å². The third-order valence-electron chi connectivity index (χ3n) is 3.88. The van der Waals surface area contributed by atoms with E-state index >= 15 is 0 Å². The van der Waals surface area contributed by atoms with Crippen LogP contribution in [0.15, 0.2) is 0 Å². The van der Waals surface area contributed by atoms with E-state index in [1.165, 1.54) is 0 Å². The van der Waals surface area contributed by atoms with Crippen molar-refractivity contribution in [3.05, 3.63) is 0 Å². The van der Waals surface area contributed by atoms with Gasteiger partial charge in [-0.2, -0.15) is 0 Å². The van der Waals surface area contributed by atoms with E-state index in [9.17, 15) is 9.59 Å². The lowest BCUT2D eigenvalue weighted by Gasteiger charge is -2.23. The van der Waals surface area contributed by atoms with E-state index in [-0.39, 0.29) is 11.9 Å². The van der Waals surface area contributed by atoms with Gasteiger partial charge in [0.2, 0.25) is 5.91 Å². The highest BCUT2D eigenvalue weighted by Crippen LogP contribution is 2.58. The molecule has 3 atom stereocenters. The lowest BCUT2D eigenvalue weighted by Crippen LogP contribution is -2.42. The first-order valence-corrected chi connectivity index (χ1v) is 6.05. The monoisotopic (exact) mass is 241 g/mol. The average molecular weight is 241 g/mol. The summed E-state index contributed by atoms with van der Waals surface area (Å²) < 4.78 is 5.28. The molecule has 3 unspecified atom stereocenters. The Labute approximate surface area is 101 Å². The first kappa shape index (κ1) is 12.4. The summed E-state index contributed by atoms with van der Waals surface area (Å²) in [6.07, 6.45) is 1.86. The van der Waals surface area contributed by atoms with Gasteiger partial charge >= 0.3 is 5.97 Å². The second-order valence-electron chi connectivity index (χ2n) is 5.54. The van der Waals surface area contributed by atoms with Crippen LogP contribution in [0.1, 0.15) is 26.7 Å². The largest absolute Gasteiger partial charge is 0.481 e. The summed E-state index contributed by atoms with van der Waals surface area (Å²) in [7, 11) is 0. The Bertz CT molecular complexity index is 333. The van der Waals surface area contributed by atoms with Crippen molar-refractivity contribution < 1.29 is 19.4 Å². The molecule has 1 aliphatic carbocycles. The van der Waals surface area contributed by atoms with Crippen molar-refractivity contribution in [2.75, 3.05) is 13.2 Å². The number of nitrogens with one attached hydrogen (secondary N) is 1. The van der Waals surface area contributed by atoms with Crippen LogP contribution in [-0.2, 0) is 14.3 Å². The molecule has 0 aromatic rings. The summed E-state index contributed by atoms with van der Waals surface area (Å²) in [5.41, 5.74) is -0.425. The van der Waals surface area contributed by atoms with Crippen molar-refractivity contribution in [3.8, 4) is 0 Å². The molecule has 1 heterocycles. The lowest BCUT2D eigenvalue weighted by molar-refractivity contribution is -0.140. The predicted octanol–water partition coefficient (Wildman–Crippen LogP) is 0.638. The molecule has 2 rings (SSSR count). The number of carbonyl (C=O) groups excluding carboxylic acids is 1. The van der Waals surface area contributed by atoms with Crippen LogP contribution in [-0.4, -0.2) is 36.2 Å². The quantitative estimate of drug-likeness (QED) is 0.760. The van der Waals surface area contributed by atoms with E-state index in [0.717, 1.165) is 19.4 Å². The maximum atomic E-state index is 12.0. The zero-order chi connectivity index (χ0) is 12.6. The Morgan fingerprint density at radius 3 is 2.53 bits per heavy atom. The molecule has 0 bridgehead atoms. The fraction of sp³-hybridized carbons (Fsp3) is 0.833. The van der Waals surface area contributed by atoms with Crippen molar-refractivity contribution in [3.63, 3.8) is 0 Å². The fourth-order valence-electron chi connectivity index (χ4n) is 2.73. The van der Waals surface area contributed by atoms with E-state index in [4.69, 9.17) is 9.84 Å². The first-order valence-electron chi connectivity index (χ1n) is 6.05. The SMILES string of the molecule is CC1(C)C(C(=O)O)C1C(=O)NC1CCCOC1. The van der Waals surface area contributed by atoms with E-state index in [2.05, 4.69) is 5.32 Å². The highest BCUT2D eigenvalue weighted by atomic mass is 16.5. The van der Waals surface area contributed by atoms with E-state index in [1.807, 2.05) is 13.8 Å². The number of hydrogen-bond donors (Lipinski definition) is 2. The zero-order valence-corrected chi connectivity index (χ0v) is 10.2. The minimum absolute atomic E-state index is 0.0436. The second-order valence-corrected chi connectivity index (χ2v) is 5.54. The van der Waals surface area contributed by atoms with Gasteiger partial charge in [0.15, 0.2) is 0 Å². The van der Waals surface area contributed by atoms with Gasteiger partial charge in [-0.1, -0.05) is 13.8 Å². The number of hydrogen-bond acceptors (Lipinski definition) is 3. The van der Waals surface area contributed by atoms with Crippen LogP contribution in [0, 0.1) is 17.3 Å². The van der Waals surface area contributed by atoms with Crippen LogP contribution in [0.5, 0.6) is 0 Å². The third kappa shape index (κ3) is 2.29. The highest BCUT2D eigenvalue weighted by molar-refractivity contribution is 5.91. The van der Waals surface area contributed by atoms with E-state index in [0.29, 0.717) is 6.61 Å². The van der Waals surface area contributed by atoms with Gasteiger partial charge in [-0.25, -0.2) is 0 Å². The Hall–Kier alpha value is -1.10. The molecular weight excluding hydrogens is 222 g/mol. The standard InChI is InChI=1S/C12H19NO4/c1-12(2)8(9(12)11(15)16)10(14)13-7-4-3-5-17-6-7/h7-9H,3-6H2,1-2H3,(H,13,14)(H,15,16). The van der Waals surface area contributed by atoms with E-state index in [1.54, 1.807) is 0 Å². The minimum Gasteiger partial charge on any atom is -0.481 e. The summed E-state index contributed by atoms with van der Waals surface area (Å²) in [6, 6.07) is 0.0436. The maximum Gasteiger partial charge on any atom is 0.307 e. The van der Waals surface area contributed by atoms with Gasteiger partial charge in [-0.15, -0.1) is 0 Å². The predicted molar refractivity (Wildman–Crippen MR) is 60.4 cm³/mol. The number of carbonyl (C=O) groups is 2. The van der Waals surface area contributed by atoms with Crippen LogP contribution in [0.25, 0.3) is 0 Å². The fourth-order valence-corrected chi connectivity index (χ4v) is 2.73. The molecule has 0 radical (unpaired) electrons. The summed E-state index contributed by atoms with van der Waals surface area (Å²) >= 11 is 0. The molecule has 0 spiro atoms. The lowest BCUT2D eigenvalue weighted by atomic mass is 10.1. The molecule has 1 saturated carbocycles. The summed E-state index contributed by atoms with van der Waals surface area (Å²) in [5, 5.41) is 11.9. The Balaban J connectivity index is 1.90. The van der Waals surface area contributed by atoms with Crippen LogP contribution in [0.3, 0.4) is 0 Å². The number of carboxylic acids is 1. The molecule has 5 nitrogen and oxygen atoms in total.